The Morgan fingerprint density at radius 3 is 2.55 bits per heavy atom. The maximum atomic E-state index is 12.4. The summed E-state index contributed by atoms with van der Waals surface area (Å²) in [6.45, 7) is 0. The second-order valence-electron chi connectivity index (χ2n) is 5.87. The number of nitrogens with zero attached hydrogens (tertiary/aromatic N) is 1. The number of hydrogen-bond donors (Lipinski definition) is 0. The Balaban J connectivity index is 1.64. The summed E-state index contributed by atoms with van der Waals surface area (Å²) in [5.74, 6) is 0.774. The molecule has 20 heavy (non-hydrogen) atoms. The van der Waals surface area contributed by atoms with Gasteiger partial charge in [0.1, 0.15) is 0 Å². The van der Waals surface area contributed by atoms with Gasteiger partial charge in [-0.3, -0.25) is 4.79 Å². The Labute approximate surface area is 119 Å². The van der Waals surface area contributed by atoms with Gasteiger partial charge in [-0.1, -0.05) is 30.3 Å². The van der Waals surface area contributed by atoms with Crippen LogP contribution in [-0.2, 0) is 14.6 Å². The Morgan fingerprint density at radius 1 is 1.25 bits per heavy atom. The SMILES string of the molecule is CN(C(=O)C1CC1c1ccccc1)C1CCS(=O)(=O)C1. The van der Waals surface area contributed by atoms with Crippen LogP contribution in [0.1, 0.15) is 24.3 Å². The Kier molecular flexibility index (Phi) is 3.32. The summed E-state index contributed by atoms with van der Waals surface area (Å²) in [6.07, 6.45) is 1.46. The van der Waals surface area contributed by atoms with Gasteiger partial charge in [-0.05, 0) is 24.3 Å². The molecular weight excluding hydrogens is 274 g/mol. The number of rotatable bonds is 3. The van der Waals surface area contributed by atoms with Crippen LogP contribution in [0.25, 0.3) is 0 Å². The lowest BCUT2D eigenvalue weighted by Gasteiger charge is -2.23. The summed E-state index contributed by atoms with van der Waals surface area (Å²) in [4.78, 5) is 14.1. The van der Waals surface area contributed by atoms with Gasteiger partial charge in [0.2, 0.25) is 5.91 Å². The standard InChI is InChI=1S/C15H19NO3S/c1-16(12-7-8-20(18,19)10-12)15(17)14-9-13(14)11-5-3-2-4-6-11/h2-6,12-14H,7-10H2,1H3. The number of sulfone groups is 1. The van der Waals surface area contributed by atoms with Crippen molar-refractivity contribution in [3.63, 3.8) is 0 Å². The van der Waals surface area contributed by atoms with Crippen LogP contribution in [0.5, 0.6) is 0 Å². The molecule has 0 spiro atoms. The molecule has 0 N–H and O–H groups in total. The lowest BCUT2D eigenvalue weighted by Crippen LogP contribution is -2.39. The fraction of sp³-hybridized carbons (Fsp3) is 0.533. The quantitative estimate of drug-likeness (QED) is 0.847. The molecule has 1 aromatic rings. The Morgan fingerprint density at radius 2 is 1.95 bits per heavy atom. The van der Waals surface area contributed by atoms with E-state index in [1.54, 1.807) is 11.9 Å². The first-order valence-corrected chi connectivity index (χ1v) is 8.82. The minimum absolute atomic E-state index is 0.0331. The van der Waals surface area contributed by atoms with Crippen LogP contribution < -0.4 is 0 Å². The van der Waals surface area contributed by atoms with Crippen LogP contribution in [0, 0.1) is 5.92 Å². The number of amides is 1. The Bertz CT molecular complexity index is 611. The normalized spacial score (nSPS) is 30.9. The molecule has 4 nitrogen and oxygen atoms in total. The van der Waals surface area contributed by atoms with Crippen LogP contribution in [0.15, 0.2) is 30.3 Å². The largest absolute Gasteiger partial charge is 0.341 e. The smallest absolute Gasteiger partial charge is 0.226 e. The van der Waals surface area contributed by atoms with Crippen LogP contribution in [0.4, 0.5) is 0 Å². The number of hydrogen-bond acceptors (Lipinski definition) is 3. The van der Waals surface area contributed by atoms with Crippen molar-refractivity contribution in [2.24, 2.45) is 5.92 Å². The van der Waals surface area contributed by atoms with Crippen molar-refractivity contribution in [1.29, 1.82) is 0 Å². The van der Waals surface area contributed by atoms with Gasteiger partial charge in [0, 0.05) is 19.0 Å². The van der Waals surface area contributed by atoms with Crippen molar-refractivity contribution in [2.75, 3.05) is 18.6 Å². The van der Waals surface area contributed by atoms with Crippen LogP contribution in [-0.4, -0.2) is 43.8 Å². The molecule has 2 fully saturated rings. The highest BCUT2D eigenvalue weighted by atomic mass is 32.2. The molecule has 1 aliphatic heterocycles. The molecular formula is C15H19NO3S. The first-order chi connectivity index (χ1) is 9.48. The van der Waals surface area contributed by atoms with E-state index in [-0.39, 0.29) is 29.4 Å². The highest BCUT2D eigenvalue weighted by Crippen LogP contribution is 2.48. The average molecular weight is 293 g/mol. The highest BCUT2D eigenvalue weighted by Gasteiger charge is 2.46. The molecule has 3 rings (SSSR count). The first kappa shape index (κ1) is 13.6. The van der Waals surface area contributed by atoms with Crippen LogP contribution in [0.3, 0.4) is 0 Å². The van der Waals surface area contributed by atoms with E-state index in [2.05, 4.69) is 12.1 Å². The molecule has 1 amide bonds. The summed E-state index contributed by atoms with van der Waals surface area (Å²) < 4.78 is 23.0. The molecule has 5 heteroatoms. The van der Waals surface area contributed by atoms with Crippen LogP contribution >= 0.6 is 0 Å². The maximum Gasteiger partial charge on any atom is 0.226 e. The van der Waals surface area contributed by atoms with Crippen molar-refractivity contribution < 1.29 is 13.2 Å². The molecule has 3 atom stereocenters. The summed E-state index contributed by atoms with van der Waals surface area (Å²) in [6, 6.07) is 9.92. The third kappa shape index (κ3) is 2.59. The van der Waals surface area contributed by atoms with Gasteiger partial charge in [0.25, 0.3) is 0 Å². The van der Waals surface area contributed by atoms with E-state index in [1.807, 2.05) is 18.2 Å². The molecule has 108 valence electrons. The van der Waals surface area contributed by atoms with Crippen LogP contribution in [0.2, 0.25) is 0 Å². The fourth-order valence-corrected chi connectivity index (χ4v) is 4.83. The molecule has 1 heterocycles. The highest BCUT2D eigenvalue weighted by molar-refractivity contribution is 7.91. The second kappa shape index (κ2) is 4.88. The second-order valence-corrected chi connectivity index (χ2v) is 8.09. The van der Waals surface area contributed by atoms with E-state index in [1.165, 1.54) is 5.56 Å². The molecule has 0 bridgehead atoms. The van der Waals surface area contributed by atoms with Crippen molar-refractivity contribution in [2.45, 2.75) is 24.8 Å². The van der Waals surface area contributed by atoms with Gasteiger partial charge < -0.3 is 4.90 Å². The molecule has 1 aliphatic carbocycles. The number of carbonyl (C=O) groups excluding carboxylic acids is 1. The van der Waals surface area contributed by atoms with Crippen molar-refractivity contribution in [1.82, 2.24) is 4.90 Å². The van der Waals surface area contributed by atoms with Gasteiger partial charge in [-0.25, -0.2) is 8.42 Å². The number of benzene rings is 1. The predicted molar refractivity (Wildman–Crippen MR) is 77.1 cm³/mol. The minimum Gasteiger partial charge on any atom is -0.341 e. The summed E-state index contributed by atoms with van der Waals surface area (Å²) in [5.41, 5.74) is 1.21. The fourth-order valence-electron chi connectivity index (χ4n) is 3.06. The third-order valence-electron chi connectivity index (χ3n) is 4.44. The minimum atomic E-state index is -2.94. The Hall–Kier alpha value is -1.36. The molecule has 3 unspecified atom stereocenters. The maximum absolute atomic E-state index is 12.4. The first-order valence-electron chi connectivity index (χ1n) is 7.00. The molecule has 1 saturated carbocycles. The topological polar surface area (TPSA) is 54.5 Å². The van der Waals surface area contributed by atoms with E-state index in [0.29, 0.717) is 12.3 Å². The zero-order valence-electron chi connectivity index (χ0n) is 11.5. The predicted octanol–water partition coefficient (Wildman–Crippen LogP) is 1.44. The molecule has 0 aromatic heterocycles. The summed E-state index contributed by atoms with van der Waals surface area (Å²) >= 11 is 0. The molecule has 2 aliphatic rings. The zero-order chi connectivity index (χ0) is 14.3. The molecule has 1 saturated heterocycles. The monoisotopic (exact) mass is 293 g/mol. The van der Waals surface area contributed by atoms with Crippen molar-refractivity contribution in [3.8, 4) is 0 Å². The van der Waals surface area contributed by atoms with Crippen molar-refractivity contribution >= 4 is 15.7 Å². The van der Waals surface area contributed by atoms with Gasteiger partial charge in [0.05, 0.1) is 11.5 Å². The third-order valence-corrected chi connectivity index (χ3v) is 6.19. The van der Waals surface area contributed by atoms with E-state index >= 15 is 0 Å². The lowest BCUT2D eigenvalue weighted by atomic mass is 10.1. The molecule has 1 aromatic carbocycles. The average Bonchev–Trinajstić information content (AvgIpc) is 3.16. The van der Waals surface area contributed by atoms with E-state index in [4.69, 9.17) is 0 Å². The van der Waals surface area contributed by atoms with Gasteiger partial charge >= 0.3 is 0 Å². The van der Waals surface area contributed by atoms with Gasteiger partial charge in [-0.2, -0.15) is 0 Å². The summed E-state index contributed by atoms with van der Waals surface area (Å²) in [7, 11) is -1.19. The van der Waals surface area contributed by atoms with E-state index in [9.17, 15) is 13.2 Å². The molecule has 0 radical (unpaired) electrons. The lowest BCUT2D eigenvalue weighted by molar-refractivity contribution is -0.133. The summed E-state index contributed by atoms with van der Waals surface area (Å²) in [5, 5.41) is 0. The van der Waals surface area contributed by atoms with E-state index < -0.39 is 9.84 Å². The van der Waals surface area contributed by atoms with Gasteiger partial charge in [-0.15, -0.1) is 0 Å². The zero-order valence-corrected chi connectivity index (χ0v) is 12.3. The number of carbonyl (C=O) groups is 1. The van der Waals surface area contributed by atoms with Gasteiger partial charge in [0.15, 0.2) is 9.84 Å². The van der Waals surface area contributed by atoms with Crippen molar-refractivity contribution in [3.05, 3.63) is 35.9 Å². The van der Waals surface area contributed by atoms with E-state index in [0.717, 1.165) is 6.42 Å².